The summed E-state index contributed by atoms with van der Waals surface area (Å²) < 4.78 is 29.6. The molecule has 2 heterocycles. The lowest BCUT2D eigenvalue weighted by atomic mass is 10.2. The maximum atomic E-state index is 12.8. The van der Waals surface area contributed by atoms with Gasteiger partial charge in [-0.25, -0.2) is 13.4 Å². The van der Waals surface area contributed by atoms with Crippen LogP contribution < -0.4 is 0 Å². The maximum Gasteiger partial charge on any atom is 0.244 e. The molecule has 1 aliphatic rings. The standard InChI is InChI=1S/C13H13BrClN3O2S/c14-11-2-1-10(8-15)7-12(11)21(19,20)18-6-5-17-4-3-16-13(17)9-18/h1-4,7H,5-6,8-9H2. The van der Waals surface area contributed by atoms with E-state index in [-0.39, 0.29) is 17.3 Å². The third kappa shape index (κ3) is 2.75. The number of hydrogen-bond donors (Lipinski definition) is 0. The highest BCUT2D eigenvalue weighted by Gasteiger charge is 2.30. The van der Waals surface area contributed by atoms with Crippen LogP contribution in [0, 0.1) is 0 Å². The van der Waals surface area contributed by atoms with Crippen LogP contribution >= 0.6 is 27.5 Å². The topological polar surface area (TPSA) is 55.2 Å². The van der Waals surface area contributed by atoms with Gasteiger partial charge in [0, 0.05) is 35.8 Å². The fourth-order valence-electron chi connectivity index (χ4n) is 2.32. The number of sulfonamides is 1. The minimum atomic E-state index is -3.57. The van der Waals surface area contributed by atoms with E-state index in [1.54, 1.807) is 24.4 Å². The molecule has 2 aromatic rings. The van der Waals surface area contributed by atoms with Gasteiger partial charge in [-0.3, -0.25) is 0 Å². The highest BCUT2D eigenvalue weighted by atomic mass is 79.9. The van der Waals surface area contributed by atoms with E-state index in [0.717, 1.165) is 11.4 Å². The first-order valence-electron chi connectivity index (χ1n) is 6.37. The molecular weight excluding hydrogens is 378 g/mol. The molecule has 0 aliphatic carbocycles. The lowest BCUT2D eigenvalue weighted by Crippen LogP contribution is -2.38. The van der Waals surface area contributed by atoms with E-state index in [1.165, 1.54) is 4.31 Å². The first kappa shape index (κ1) is 15.0. The Morgan fingerprint density at radius 3 is 2.90 bits per heavy atom. The normalized spacial score (nSPS) is 15.9. The van der Waals surface area contributed by atoms with Gasteiger partial charge in [-0.05, 0) is 33.6 Å². The van der Waals surface area contributed by atoms with E-state index in [0.29, 0.717) is 17.6 Å². The lowest BCUT2D eigenvalue weighted by Gasteiger charge is -2.27. The quantitative estimate of drug-likeness (QED) is 0.757. The first-order valence-corrected chi connectivity index (χ1v) is 9.13. The molecule has 0 saturated carbocycles. The van der Waals surface area contributed by atoms with Crippen molar-refractivity contribution >= 4 is 37.6 Å². The minimum Gasteiger partial charge on any atom is -0.333 e. The molecule has 1 aromatic heterocycles. The van der Waals surface area contributed by atoms with Crippen molar-refractivity contribution in [2.75, 3.05) is 6.54 Å². The number of benzene rings is 1. The summed E-state index contributed by atoms with van der Waals surface area (Å²) in [4.78, 5) is 4.44. The van der Waals surface area contributed by atoms with Crippen molar-refractivity contribution < 1.29 is 8.42 Å². The number of imidazole rings is 1. The number of halogens is 2. The second-order valence-electron chi connectivity index (χ2n) is 4.77. The van der Waals surface area contributed by atoms with Crippen molar-refractivity contribution in [3.63, 3.8) is 0 Å². The van der Waals surface area contributed by atoms with E-state index in [9.17, 15) is 8.42 Å². The summed E-state index contributed by atoms with van der Waals surface area (Å²) in [5.41, 5.74) is 0.775. The molecule has 0 radical (unpaired) electrons. The van der Waals surface area contributed by atoms with Crippen molar-refractivity contribution in [2.24, 2.45) is 0 Å². The summed E-state index contributed by atoms with van der Waals surface area (Å²) in [6.07, 6.45) is 3.55. The predicted octanol–water partition coefficient (Wildman–Crippen LogP) is 2.59. The summed E-state index contributed by atoms with van der Waals surface area (Å²) in [7, 11) is -3.57. The molecule has 0 atom stereocenters. The third-order valence-electron chi connectivity index (χ3n) is 3.48. The summed E-state index contributed by atoms with van der Waals surface area (Å²) in [6, 6.07) is 5.14. The van der Waals surface area contributed by atoms with Crippen LogP contribution in [-0.2, 0) is 29.0 Å². The number of alkyl halides is 1. The monoisotopic (exact) mass is 389 g/mol. The Morgan fingerprint density at radius 2 is 2.14 bits per heavy atom. The number of rotatable bonds is 3. The van der Waals surface area contributed by atoms with Crippen molar-refractivity contribution in [3.05, 3.63) is 46.5 Å². The van der Waals surface area contributed by atoms with Crippen LogP contribution in [0.25, 0.3) is 0 Å². The average molecular weight is 391 g/mol. The molecule has 0 fully saturated rings. The molecule has 0 bridgehead atoms. The molecule has 1 aromatic carbocycles. The highest BCUT2D eigenvalue weighted by molar-refractivity contribution is 9.10. The number of hydrogen-bond acceptors (Lipinski definition) is 3. The van der Waals surface area contributed by atoms with Gasteiger partial charge in [0.15, 0.2) is 0 Å². The van der Waals surface area contributed by atoms with Crippen LogP contribution in [0.2, 0.25) is 0 Å². The molecule has 0 amide bonds. The zero-order valence-corrected chi connectivity index (χ0v) is 14.2. The Bertz CT molecular complexity index is 775. The van der Waals surface area contributed by atoms with E-state index < -0.39 is 10.0 Å². The molecular formula is C13H13BrClN3O2S. The minimum absolute atomic E-state index is 0.251. The zero-order chi connectivity index (χ0) is 15.0. The van der Waals surface area contributed by atoms with Crippen LogP contribution in [0.1, 0.15) is 11.4 Å². The zero-order valence-electron chi connectivity index (χ0n) is 11.0. The van der Waals surface area contributed by atoms with Gasteiger partial charge in [-0.15, -0.1) is 11.6 Å². The lowest BCUT2D eigenvalue weighted by molar-refractivity contribution is 0.335. The molecule has 1 aliphatic heterocycles. The molecule has 0 spiro atoms. The number of aromatic nitrogens is 2. The molecule has 0 N–H and O–H groups in total. The largest absolute Gasteiger partial charge is 0.333 e. The summed E-state index contributed by atoms with van der Waals surface area (Å²) in [5, 5.41) is 0. The van der Waals surface area contributed by atoms with Crippen molar-refractivity contribution in [3.8, 4) is 0 Å². The molecule has 3 rings (SSSR count). The summed E-state index contributed by atoms with van der Waals surface area (Å²) in [5.74, 6) is 1.04. The second-order valence-corrected chi connectivity index (χ2v) is 7.80. The summed E-state index contributed by atoms with van der Waals surface area (Å²) >= 11 is 9.12. The van der Waals surface area contributed by atoms with E-state index in [2.05, 4.69) is 20.9 Å². The van der Waals surface area contributed by atoms with Gasteiger partial charge in [-0.2, -0.15) is 4.31 Å². The molecule has 8 heteroatoms. The predicted molar refractivity (Wildman–Crippen MR) is 83.5 cm³/mol. The van der Waals surface area contributed by atoms with E-state index in [4.69, 9.17) is 11.6 Å². The van der Waals surface area contributed by atoms with Crippen LogP contribution in [0.3, 0.4) is 0 Å². The van der Waals surface area contributed by atoms with Gasteiger partial charge in [0.1, 0.15) is 5.82 Å². The maximum absolute atomic E-state index is 12.8. The Morgan fingerprint density at radius 1 is 1.33 bits per heavy atom. The smallest absolute Gasteiger partial charge is 0.244 e. The van der Waals surface area contributed by atoms with Crippen LogP contribution in [0.15, 0.2) is 40.0 Å². The Kier molecular flexibility index (Phi) is 4.09. The van der Waals surface area contributed by atoms with Gasteiger partial charge >= 0.3 is 0 Å². The molecule has 0 unspecified atom stereocenters. The first-order chi connectivity index (χ1) is 10.0. The third-order valence-corrected chi connectivity index (χ3v) is 6.63. The Labute approximate surface area is 136 Å². The number of fused-ring (bicyclic) bond motifs is 1. The van der Waals surface area contributed by atoms with Gasteiger partial charge < -0.3 is 4.57 Å². The molecule has 0 saturated heterocycles. The van der Waals surface area contributed by atoms with Gasteiger partial charge in [0.05, 0.1) is 11.4 Å². The second kappa shape index (κ2) is 5.72. The van der Waals surface area contributed by atoms with Gasteiger partial charge in [0.25, 0.3) is 0 Å². The fraction of sp³-hybridized carbons (Fsp3) is 0.308. The van der Waals surface area contributed by atoms with Crippen LogP contribution in [-0.4, -0.2) is 28.8 Å². The molecule has 5 nitrogen and oxygen atoms in total. The highest BCUT2D eigenvalue weighted by Crippen LogP contribution is 2.28. The molecule has 21 heavy (non-hydrogen) atoms. The molecule has 112 valence electrons. The van der Waals surface area contributed by atoms with Gasteiger partial charge in [-0.1, -0.05) is 6.07 Å². The van der Waals surface area contributed by atoms with E-state index >= 15 is 0 Å². The van der Waals surface area contributed by atoms with Crippen molar-refractivity contribution in [1.82, 2.24) is 13.9 Å². The van der Waals surface area contributed by atoms with Crippen molar-refractivity contribution in [1.29, 1.82) is 0 Å². The number of nitrogens with zero attached hydrogens (tertiary/aromatic N) is 3. The van der Waals surface area contributed by atoms with Crippen molar-refractivity contribution in [2.45, 2.75) is 23.9 Å². The fourth-order valence-corrected chi connectivity index (χ4v) is 4.85. The Hall–Kier alpha value is -0.890. The van der Waals surface area contributed by atoms with E-state index in [1.807, 2.05) is 10.8 Å². The summed E-state index contributed by atoms with van der Waals surface area (Å²) in [6.45, 7) is 1.33. The average Bonchev–Trinajstić information content (AvgIpc) is 2.95. The van der Waals surface area contributed by atoms with Crippen LogP contribution in [0.4, 0.5) is 0 Å². The van der Waals surface area contributed by atoms with Gasteiger partial charge in [0.2, 0.25) is 10.0 Å². The SMILES string of the molecule is O=S(=O)(c1cc(CCl)ccc1Br)N1CCn2ccnc2C1. The Balaban J connectivity index is 1.98. The van der Waals surface area contributed by atoms with Crippen LogP contribution in [0.5, 0.6) is 0 Å².